The van der Waals surface area contributed by atoms with E-state index < -0.39 is 0 Å². The van der Waals surface area contributed by atoms with Gasteiger partial charge < -0.3 is 16.5 Å². The summed E-state index contributed by atoms with van der Waals surface area (Å²) >= 11 is 1.82. The van der Waals surface area contributed by atoms with E-state index in [0.717, 1.165) is 25.8 Å². The van der Waals surface area contributed by atoms with Gasteiger partial charge in [-0.1, -0.05) is 43.1 Å². The van der Waals surface area contributed by atoms with Crippen LogP contribution in [0.25, 0.3) is 0 Å². The van der Waals surface area contributed by atoms with Gasteiger partial charge in [0.2, 0.25) is 0 Å². The number of benzene rings is 1. The van der Waals surface area contributed by atoms with E-state index in [1.807, 2.05) is 11.9 Å². The number of hydrogen-bond acceptors (Lipinski definition) is 7. The van der Waals surface area contributed by atoms with Crippen molar-refractivity contribution in [2.45, 2.75) is 64.7 Å². The third-order valence-electron chi connectivity index (χ3n) is 5.79. The molecule has 3 rings (SSSR count). The summed E-state index contributed by atoms with van der Waals surface area (Å²) < 4.78 is 3.96. The molecule has 2 unspecified atom stereocenters. The van der Waals surface area contributed by atoms with Crippen LogP contribution in [0, 0.1) is 10.8 Å². The molecule has 5 N–H and O–H groups in total. The monoisotopic (exact) mass is 426 g/mol. The quantitative estimate of drug-likeness (QED) is 0.351. The molecule has 0 spiro atoms. The number of rotatable bonds is 8. The lowest BCUT2D eigenvalue weighted by molar-refractivity contribution is 0.211. The van der Waals surface area contributed by atoms with Crippen molar-refractivity contribution in [1.82, 2.24) is 14.7 Å². The molecule has 0 radical (unpaired) electrons. The number of aromatic nitrogens is 2. The summed E-state index contributed by atoms with van der Waals surface area (Å²) in [4.78, 5) is 8.66. The lowest BCUT2D eigenvalue weighted by atomic mass is 9.76. The average molecular weight is 427 g/mol. The SMILES string of the molecule is CCC1(CCNc2cnc(C(C)=N)c(N)n2)Cc2ccccc2C1NSC(C)(C)C. The van der Waals surface area contributed by atoms with Crippen molar-refractivity contribution in [3.63, 3.8) is 0 Å². The Morgan fingerprint density at radius 1 is 1.33 bits per heavy atom. The van der Waals surface area contributed by atoms with Crippen LogP contribution in [0.5, 0.6) is 0 Å². The average Bonchev–Trinajstić information content (AvgIpc) is 2.99. The Labute approximate surface area is 184 Å². The molecule has 1 aromatic heterocycles. The van der Waals surface area contributed by atoms with Crippen LogP contribution in [0.2, 0.25) is 0 Å². The van der Waals surface area contributed by atoms with Gasteiger partial charge in [0, 0.05) is 17.3 Å². The first-order valence-corrected chi connectivity index (χ1v) is 11.4. The molecule has 0 aliphatic heterocycles. The highest BCUT2D eigenvalue weighted by Crippen LogP contribution is 2.51. The van der Waals surface area contributed by atoms with Crippen molar-refractivity contribution in [3.8, 4) is 0 Å². The predicted octanol–water partition coefficient (Wildman–Crippen LogP) is 4.98. The molecule has 162 valence electrons. The number of hydrogen-bond donors (Lipinski definition) is 4. The van der Waals surface area contributed by atoms with E-state index in [9.17, 15) is 0 Å². The summed E-state index contributed by atoms with van der Waals surface area (Å²) in [5, 5.41) is 11.1. The first-order chi connectivity index (χ1) is 14.1. The second-order valence-electron chi connectivity index (χ2n) is 9.15. The summed E-state index contributed by atoms with van der Waals surface area (Å²) in [5.41, 5.74) is 9.74. The van der Waals surface area contributed by atoms with Gasteiger partial charge >= 0.3 is 0 Å². The van der Waals surface area contributed by atoms with Crippen molar-refractivity contribution >= 4 is 29.3 Å². The van der Waals surface area contributed by atoms with Crippen LogP contribution in [0.4, 0.5) is 11.6 Å². The summed E-state index contributed by atoms with van der Waals surface area (Å²) in [6, 6.07) is 9.13. The molecule has 0 bridgehead atoms. The number of fused-ring (bicyclic) bond motifs is 1. The van der Waals surface area contributed by atoms with Crippen LogP contribution in [-0.4, -0.2) is 27.0 Å². The fourth-order valence-corrected chi connectivity index (χ4v) is 5.02. The maximum Gasteiger partial charge on any atom is 0.153 e. The fourth-order valence-electron chi connectivity index (χ4n) is 4.17. The first-order valence-electron chi connectivity index (χ1n) is 10.6. The minimum Gasteiger partial charge on any atom is -0.382 e. The molecular formula is C23H34N6S. The highest BCUT2D eigenvalue weighted by molar-refractivity contribution is 7.98. The van der Waals surface area contributed by atoms with Crippen LogP contribution < -0.4 is 15.8 Å². The van der Waals surface area contributed by atoms with E-state index in [1.54, 1.807) is 13.1 Å². The molecule has 1 aromatic carbocycles. The molecule has 2 aromatic rings. The molecule has 0 saturated carbocycles. The Kier molecular flexibility index (Phi) is 6.72. The predicted molar refractivity (Wildman–Crippen MR) is 128 cm³/mol. The second-order valence-corrected chi connectivity index (χ2v) is 10.8. The Hall–Kier alpha value is -2.12. The van der Waals surface area contributed by atoms with Crippen LogP contribution in [0.1, 0.15) is 70.3 Å². The number of nitrogen functional groups attached to an aromatic ring is 1. The topological polar surface area (TPSA) is 99.7 Å². The minimum absolute atomic E-state index is 0.138. The molecule has 0 amide bonds. The van der Waals surface area contributed by atoms with Gasteiger partial charge in [-0.3, -0.25) is 4.72 Å². The molecule has 1 heterocycles. The summed E-state index contributed by atoms with van der Waals surface area (Å²) in [7, 11) is 0. The van der Waals surface area contributed by atoms with Crippen LogP contribution in [-0.2, 0) is 6.42 Å². The second kappa shape index (κ2) is 8.94. The Bertz CT molecular complexity index is 907. The third kappa shape index (κ3) is 4.95. The zero-order valence-electron chi connectivity index (χ0n) is 18.7. The Morgan fingerprint density at radius 2 is 2.07 bits per heavy atom. The van der Waals surface area contributed by atoms with E-state index in [1.165, 1.54) is 11.1 Å². The summed E-state index contributed by atoms with van der Waals surface area (Å²) in [6.07, 6.45) is 4.83. The zero-order valence-corrected chi connectivity index (χ0v) is 19.5. The van der Waals surface area contributed by atoms with Crippen molar-refractivity contribution in [3.05, 3.63) is 47.3 Å². The van der Waals surface area contributed by atoms with E-state index in [0.29, 0.717) is 29.1 Å². The molecule has 1 aliphatic carbocycles. The standard InChI is InChI=1S/C23H34N6S/c1-6-23(11-12-26-18-14-27-19(15(2)24)21(25)28-18)13-16-9-7-8-10-17(16)20(23)29-30-22(3,4)5/h7-10,14,20,24,29H,6,11-13H2,1-5H3,(H3,25,26,28). The van der Waals surface area contributed by atoms with Gasteiger partial charge in [-0.2, -0.15) is 0 Å². The lowest BCUT2D eigenvalue weighted by Gasteiger charge is -2.37. The largest absolute Gasteiger partial charge is 0.382 e. The van der Waals surface area contributed by atoms with Crippen molar-refractivity contribution < 1.29 is 0 Å². The molecule has 30 heavy (non-hydrogen) atoms. The Balaban J connectivity index is 1.74. The molecule has 6 nitrogen and oxygen atoms in total. The maximum absolute atomic E-state index is 7.71. The molecule has 7 heteroatoms. The van der Waals surface area contributed by atoms with E-state index >= 15 is 0 Å². The van der Waals surface area contributed by atoms with Gasteiger partial charge in [0.05, 0.1) is 11.9 Å². The van der Waals surface area contributed by atoms with Gasteiger partial charge in [0.15, 0.2) is 5.82 Å². The number of nitrogens with one attached hydrogen (secondary N) is 3. The highest BCUT2D eigenvalue weighted by atomic mass is 32.2. The number of nitrogens with zero attached hydrogens (tertiary/aromatic N) is 2. The maximum atomic E-state index is 7.71. The molecule has 0 saturated heterocycles. The van der Waals surface area contributed by atoms with Crippen molar-refractivity contribution in [1.29, 1.82) is 5.41 Å². The molecular weight excluding hydrogens is 392 g/mol. The highest BCUT2D eigenvalue weighted by Gasteiger charge is 2.44. The van der Waals surface area contributed by atoms with Gasteiger partial charge in [-0.25, -0.2) is 9.97 Å². The molecule has 2 atom stereocenters. The third-order valence-corrected chi connectivity index (χ3v) is 6.76. The summed E-state index contributed by atoms with van der Waals surface area (Å²) in [6.45, 7) is 11.5. The van der Waals surface area contributed by atoms with Gasteiger partial charge in [0.1, 0.15) is 11.5 Å². The van der Waals surface area contributed by atoms with E-state index in [2.05, 4.69) is 72.0 Å². The van der Waals surface area contributed by atoms with Crippen molar-refractivity contribution in [2.75, 3.05) is 17.6 Å². The van der Waals surface area contributed by atoms with Crippen LogP contribution in [0.3, 0.4) is 0 Å². The van der Waals surface area contributed by atoms with Crippen LogP contribution in [0.15, 0.2) is 30.5 Å². The smallest absolute Gasteiger partial charge is 0.153 e. The van der Waals surface area contributed by atoms with Gasteiger partial charge in [0.25, 0.3) is 0 Å². The minimum atomic E-state index is 0.138. The first kappa shape index (κ1) is 22.6. The van der Waals surface area contributed by atoms with E-state index in [-0.39, 0.29) is 10.2 Å². The van der Waals surface area contributed by atoms with Gasteiger partial charge in [-0.15, -0.1) is 0 Å². The van der Waals surface area contributed by atoms with E-state index in [4.69, 9.17) is 11.1 Å². The lowest BCUT2D eigenvalue weighted by Crippen LogP contribution is -2.35. The number of nitrogens with two attached hydrogens (primary N) is 1. The van der Waals surface area contributed by atoms with Gasteiger partial charge in [-0.05, 0) is 63.5 Å². The molecule has 1 aliphatic rings. The Morgan fingerprint density at radius 3 is 2.70 bits per heavy atom. The normalized spacial score (nSPS) is 20.8. The zero-order chi connectivity index (χ0) is 21.9. The van der Waals surface area contributed by atoms with Crippen molar-refractivity contribution in [2.24, 2.45) is 5.41 Å². The van der Waals surface area contributed by atoms with Crippen LogP contribution >= 0.6 is 11.9 Å². The summed E-state index contributed by atoms with van der Waals surface area (Å²) in [5.74, 6) is 0.958. The molecule has 0 fully saturated rings. The fraction of sp³-hybridized carbons (Fsp3) is 0.522. The number of anilines is 2.